The van der Waals surface area contributed by atoms with Crippen molar-refractivity contribution in [1.29, 1.82) is 0 Å². The first kappa shape index (κ1) is 17.6. The van der Waals surface area contributed by atoms with Crippen molar-refractivity contribution >= 4 is 12.1 Å². The molecule has 2 fully saturated rings. The van der Waals surface area contributed by atoms with E-state index in [4.69, 9.17) is 4.74 Å². The number of piperidine rings is 1. The van der Waals surface area contributed by atoms with E-state index in [2.05, 4.69) is 22.8 Å². The van der Waals surface area contributed by atoms with Gasteiger partial charge in [0.05, 0.1) is 13.2 Å². The van der Waals surface area contributed by atoms with Crippen molar-refractivity contribution in [2.45, 2.75) is 44.2 Å². The van der Waals surface area contributed by atoms with E-state index in [-0.39, 0.29) is 24.2 Å². The summed E-state index contributed by atoms with van der Waals surface area (Å²) in [5, 5.41) is 6.24. The number of hydrogen-bond acceptors (Lipinski definition) is 3. The van der Waals surface area contributed by atoms with Crippen molar-refractivity contribution in [3.63, 3.8) is 0 Å². The second-order valence-corrected chi connectivity index (χ2v) is 6.93. The van der Waals surface area contributed by atoms with Crippen LogP contribution in [0.4, 0.5) is 9.59 Å². The molecule has 136 valence electrons. The highest BCUT2D eigenvalue weighted by Gasteiger charge is 2.30. The molecule has 1 aliphatic heterocycles. The van der Waals surface area contributed by atoms with Gasteiger partial charge in [-0.25, -0.2) is 9.59 Å². The van der Waals surface area contributed by atoms with Crippen molar-refractivity contribution in [3.8, 4) is 0 Å². The molecule has 0 radical (unpaired) electrons. The first-order chi connectivity index (χ1) is 12.2. The lowest BCUT2D eigenvalue weighted by Gasteiger charge is -2.36. The van der Waals surface area contributed by atoms with Crippen LogP contribution in [0, 0.1) is 5.92 Å². The molecule has 1 saturated carbocycles. The number of benzene rings is 1. The monoisotopic (exact) mass is 345 g/mol. The fourth-order valence-corrected chi connectivity index (χ4v) is 3.61. The van der Waals surface area contributed by atoms with E-state index >= 15 is 0 Å². The van der Waals surface area contributed by atoms with Crippen LogP contribution >= 0.6 is 0 Å². The zero-order valence-electron chi connectivity index (χ0n) is 14.7. The maximum Gasteiger partial charge on any atom is 0.409 e. The highest BCUT2D eigenvalue weighted by Crippen LogP contribution is 2.37. The number of urea groups is 1. The molecule has 6 nitrogen and oxygen atoms in total. The van der Waals surface area contributed by atoms with Crippen LogP contribution in [0.25, 0.3) is 0 Å². The zero-order valence-corrected chi connectivity index (χ0v) is 14.7. The summed E-state index contributed by atoms with van der Waals surface area (Å²) >= 11 is 0. The van der Waals surface area contributed by atoms with Gasteiger partial charge in [0.2, 0.25) is 0 Å². The quantitative estimate of drug-likeness (QED) is 0.881. The Hall–Kier alpha value is -2.24. The van der Waals surface area contributed by atoms with Gasteiger partial charge in [-0.1, -0.05) is 36.8 Å². The molecule has 25 heavy (non-hydrogen) atoms. The van der Waals surface area contributed by atoms with Gasteiger partial charge < -0.3 is 20.3 Å². The maximum absolute atomic E-state index is 12.5. The molecule has 0 bridgehead atoms. The van der Waals surface area contributed by atoms with Crippen molar-refractivity contribution in [2.24, 2.45) is 5.92 Å². The van der Waals surface area contributed by atoms with Crippen molar-refractivity contribution in [1.82, 2.24) is 15.5 Å². The van der Waals surface area contributed by atoms with Crippen LogP contribution in [0.15, 0.2) is 30.3 Å². The predicted octanol–water partition coefficient (Wildman–Crippen LogP) is 3.06. The molecule has 3 rings (SSSR count). The minimum Gasteiger partial charge on any atom is -0.453 e. The number of amides is 3. The minimum absolute atomic E-state index is 0.0742. The van der Waals surface area contributed by atoms with Crippen LogP contribution < -0.4 is 10.6 Å². The third kappa shape index (κ3) is 4.44. The number of hydrogen-bond donors (Lipinski definition) is 2. The molecule has 6 heteroatoms. The van der Waals surface area contributed by atoms with Gasteiger partial charge in [0.15, 0.2) is 0 Å². The molecule has 2 aliphatic rings. The lowest BCUT2D eigenvalue weighted by molar-refractivity contribution is 0.110. The summed E-state index contributed by atoms with van der Waals surface area (Å²) < 4.78 is 4.74. The summed E-state index contributed by atoms with van der Waals surface area (Å²) in [6.45, 7) is 1.23. The highest BCUT2D eigenvalue weighted by molar-refractivity contribution is 5.75. The summed E-state index contributed by atoms with van der Waals surface area (Å²) in [6, 6.07) is 10.2. The van der Waals surface area contributed by atoms with Gasteiger partial charge in [0.25, 0.3) is 0 Å². The highest BCUT2D eigenvalue weighted by atomic mass is 16.5. The fourth-order valence-electron chi connectivity index (χ4n) is 3.61. The van der Waals surface area contributed by atoms with Crippen molar-refractivity contribution in [3.05, 3.63) is 35.9 Å². The standard InChI is InChI=1S/C19H27N3O3/c1-25-19(24)22-12-10-16(11-13-22)20-18(23)21-17(15-8-5-9-15)14-6-3-2-4-7-14/h2-4,6-7,15-17H,5,8-13H2,1H3,(H2,20,21,23)/t17-/m1/s1. The van der Waals surface area contributed by atoms with E-state index in [0.29, 0.717) is 19.0 Å². The topological polar surface area (TPSA) is 70.7 Å². The van der Waals surface area contributed by atoms with Crippen LogP contribution in [0.5, 0.6) is 0 Å². The number of nitrogens with zero attached hydrogens (tertiary/aromatic N) is 1. The molecule has 1 aromatic carbocycles. The Bertz CT molecular complexity index is 581. The summed E-state index contributed by atoms with van der Waals surface area (Å²) in [6.07, 6.45) is 4.78. The lowest BCUT2D eigenvalue weighted by Crippen LogP contribution is -2.50. The summed E-state index contributed by atoms with van der Waals surface area (Å²) in [5.41, 5.74) is 1.17. The second-order valence-electron chi connectivity index (χ2n) is 6.93. The van der Waals surface area contributed by atoms with E-state index in [1.165, 1.54) is 19.1 Å². The molecule has 0 unspecified atom stereocenters. The van der Waals surface area contributed by atoms with Gasteiger partial charge in [-0.3, -0.25) is 0 Å². The molecular formula is C19H27N3O3. The normalized spacial score (nSPS) is 19.6. The van der Waals surface area contributed by atoms with Crippen LogP contribution in [0.2, 0.25) is 0 Å². The Morgan fingerprint density at radius 3 is 2.36 bits per heavy atom. The Kier molecular flexibility index (Phi) is 5.79. The SMILES string of the molecule is COC(=O)N1CCC(NC(=O)N[C@H](c2ccccc2)C2CCC2)CC1. The molecule has 1 saturated heterocycles. The van der Waals surface area contributed by atoms with Crippen LogP contribution in [0.1, 0.15) is 43.7 Å². The molecular weight excluding hydrogens is 318 g/mol. The Labute approximate surface area is 148 Å². The molecule has 3 amide bonds. The second kappa shape index (κ2) is 8.23. The third-order valence-corrected chi connectivity index (χ3v) is 5.33. The molecule has 2 N–H and O–H groups in total. The first-order valence-corrected chi connectivity index (χ1v) is 9.12. The molecule has 0 aromatic heterocycles. The van der Waals surface area contributed by atoms with Gasteiger partial charge in [-0.2, -0.15) is 0 Å². The number of rotatable bonds is 4. The third-order valence-electron chi connectivity index (χ3n) is 5.33. The summed E-state index contributed by atoms with van der Waals surface area (Å²) in [5.74, 6) is 0.523. The number of carbonyl (C=O) groups excluding carboxylic acids is 2. The number of likely N-dealkylation sites (tertiary alicyclic amines) is 1. The van der Waals surface area contributed by atoms with Crippen LogP contribution in [-0.4, -0.2) is 43.3 Å². The Morgan fingerprint density at radius 1 is 1.12 bits per heavy atom. The number of carbonyl (C=O) groups is 2. The maximum atomic E-state index is 12.5. The Morgan fingerprint density at radius 2 is 1.80 bits per heavy atom. The smallest absolute Gasteiger partial charge is 0.409 e. The van der Waals surface area contributed by atoms with E-state index in [1.807, 2.05) is 18.2 Å². The number of methoxy groups -OCH3 is 1. The van der Waals surface area contributed by atoms with Crippen LogP contribution in [-0.2, 0) is 4.74 Å². The van der Waals surface area contributed by atoms with Crippen molar-refractivity contribution < 1.29 is 14.3 Å². The average molecular weight is 345 g/mol. The molecule has 0 spiro atoms. The molecule has 1 atom stereocenters. The minimum atomic E-state index is -0.294. The molecule has 1 aromatic rings. The number of ether oxygens (including phenoxy) is 1. The fraction of sp³-hybridized carbons (Fsp3) is 0.579. The van der Waals surface area contributed by atoms with E-state index in [9.17, 15) is 9.59 Å². The van der Waals surface area contributed by atoms with Gasteiger partial charge in [0, 0.05) is 19.1 Å². The molecule has 1 aliphatic carbocycles. The van der Waals surface area contributed by atoms with E-state index in [1.54, 1.807) is 4.90 Å². The largest absolute Gasteiger partial charge is 0.453 e. The summed E-state index contributed by atoms with van der Waals surface area (Å²) in [4.78, 5) is 25.7. The van der Waals surface area contributed by atoms with E-state index in [0.717, 1.165) is 25.7 Å². The van der Waals surface area contributed by atoms with Gasteiger partial charge in [-0.15, -0.1) is 0 Å². The van der Waals surface area contributed by atoms with Gasteiger partial charge >= 0.3 is 12.1 Å². The van der Waals surface area contributed by atoms with Crippen molar-refractivity contribution in [2.75, 3.05) is 20.2 Å². The van der Waals surface area contributed by atoms with Gasteiger partial charge in [-0.05, 0) is 37.2 Å². The molecule has 1 heterocycles. The van der Waals surface area contributed by atoms with E-state index < -0.39 is 0 Å². The van der Waals surface area contributed by atoms with Crippen LogP contribution in [0.3, 0.4) is 0 Å². The zero-order chi connectivity index (χ0) is 17.6. The Balaban J connectivity index is 1.52. The number of nitrogens with one attached hydrogen (secondary N) is 2. The lowest BCUT2D eigenvalue weighted by atomic mass is 9.77. The summed E-state index contributed by atoms with van der Waals surface area (Å²) in [7, 11) is 1.39. The first-order valence-electron chi connectivity index (χ1n) is 9.12. The average Bonchev–Trinajstić information content (AvgIpc) is 2.60. The van der Waals surface area contributed by atoms with Gasteiger partial charge in [0.1, 0.15) is 0 Å². The predicted molar refractivity (Wildman–Crippen MR) is 95.2 cm³/mol.